The molecule has 0 spiro atoms. The summed E-state index contributed by atoms with van der Waals surface area (Å²) >= 11 is 0. The molecule has 0 bridgehead atoms. The summed E-state index contributed by atoms with van der Waals surface area (Å²) in [6.45, 7) is 20.9. The highest BCUT2D eigenvalue weighted by Crippen LogP contribution is 2.42. The van der Waals surface area contributed by atoms with Crippen LogP contribution in [0.25, 0.3) is 0 Å². The van der Waals surface area contributed by atoms with Crippen LogP contribution in [0.5, 0.6) is 0 Å². The van der Waals surface area contributed by atoms with E-state index in [4.69, 9.17) is 9.57 Å². The zero-order valence-corrected chi connectivity index (χ0v) is 30.1. The standard InChI is InChI=1S/C37H70N2O4/c1-11-12-13-14-19-22-25-42-39-36(6,7)26-30(27-37(39,8)9)32(40)23-20-17-15-16-18-21-24-33(41)43-31-28-34(2,3)38(10)35(4,5)29-31/h30-31H,11-29H2,1-10H3. The molecule has 2 heterocycles. The lowest BCUT2D eigenvalue weighted by Crippen LogP contribution is -2.61. The van der Waals surface area contributed by atoms with E-state index in [9.17, 15) is 9.59 Å². The van der Waals surface area contributed by atoms with Gasteiger partial charge in [-0.1, -0.05) is 64.7 Å². The molecular weight excluding hydrogens is 536 g/mol. The summed E-state index contributed by atoms with van der Waals surface area (Å²) in [7, 11) is 2.17. The Morgan fingerprint density at radius 2 is 1.09 bits per heavy atom. The number of piperidine rings is 2. The first kappa shape index (κ1) is 38.2. The second-order valence-corrected chi connectivity index (χ2v) is 16.4. The minimum atomic E-state index is -0.148. The number of rotatable bonds is 19. The second kappa shape index (κ2) is 17.1. The maximum Gasteiger partial charge on any atom is 0.306 e. The highest BCUT2D eigenvalue weighted by molar-refractivity contribution is 5.81. The molecule has 0 N–H and O–H groups in total. The number of carbonyl (C=O) groups excluding carboxylic acids is 2. The molecule has 6 heteroatoms. The molecule has 0 aliphatic carbocycles. The number of hydroxylamine groups is 2. The average Bonchev–Trinajstić information content (AvgIpc) is 2.88. The van der Waals surface area contributed by atoms with E-state index in [1.165, 1.54) is 32.1 Å². The number of nitrogens with zero attached hydrogens (tertiary/aromatic N) is 2. The Morgan fingerprint density at radius 1 is 0.628 bits per heavy atom. The van der Waals surface area contributed by atoms with Gasteiger partial charge in [0.1, 0.15) is 11.9 Å². The van der Waals surface area contributed by atoms with Crippen LogP contribution >= 0.6 is 0 Å². The number of esters is 1. The van der Waals surface area contributed by atoms with Crippen LogP contribution in [-0.4, -0.2) is 63.6 Å². The fraction of sp³-hybridized carbons (Fsp3) is 0.946. The van der Waals surface area contributed by atoms with Gasteiger partial charge in [-0.3, -0.25) is 19.3 Å². The maximum atomic E-state index is 13.2. The Kier molecular flexibility index (Phi) is 15.2. The molecule has 2 aliphatic heterocycles. The topological polar surface area (TPSA) is 59.1 Å². The van der Waals surface area contributed by atoms with Crippen LogP contribution in [0, 0.1) is 5.92 Å². The molecule has 0 radical (unpaired) electrons. The van der Waals surface area contributed by atoms with Gasteiger partial charge in [0, 0.05) is 53.8 Å². The van der Waals surface area contributed by atoms with Crippen molar-refractivity contribution in [3.8, 4) is 0 Å². The summed E-state index contributed by atoms with van der Waals surface area (Å²) in [5.41, 5.74) is -0.241. The van der Waals surface area contributed by atoms with Crippen molar-refractivity contribution >= 4 is 11.8 Å². The number of Topliss-reactive ketones (excluding diaryl/α,β-unsaturated/α-hetero) is 1. The minimum absolute atomic E-state index is 0.00672. The van der Waals surface area contributed by atoms with Crippen molar-refractivity contribution in [2.75, 3.05) is 13.7 Å². The predicted molar refractivity (Wildman–Crippen MR) is 179 cm³/mol. The average molecular weight is 607 g/mol. The third kappa shape index (κ3) is 12.4. The van der Waals surface area contributed by atoms with Crippen LogP contribution in [0.15, 0.2) is 0 Å². The van der Waals surface area contributed by atoms with Gasteiger partial charge in [0.15, 0.2) is 0 Å². The first-order valence-corrected chi connectivity index (χ1v) is 17.9. The van der Waals surface area contributed by atoms with Crippen molar-refractivity contribution in [3.05, 3.63) is 0 Å². The smallest absolute Gasteiger partial charge is 0.306 e. The maximum absolute atomic E-state index is 13.2. The number of unbranched alkanes of at least 4 members (excludes halogenated alkanes) is 10. The Labute approximate surface area is 266 Å². The normalized spacial score (nSPS) is 22.5. The lowest BCUT2D eigenvalue weighted by Gasteiger charge is -2.53. The van der Waals surface area contributed by atoms with Crippen molar-refractivity contribution in [3.63, 3.8) is 0 Å². The SMILES string of the molecule is CCCCCCCCON1C(C)(C)CC(C(=O)CCCCCCCCC(=O)OC2CC(C)(C)N(C)C(C)(C)C2)CC1(C)C. The summed E-state index contributed by atoms with van der Waals surface area (Å²) in [6.07, 6.45) is 18.5. The van der Waals surface area contributed by atoms with E-state index in [1.54, 1.807) is 0 Å². The summed E-state index contributed by atoms with van der Waals surface area (Å²) in [6, 6.07) is 0. The van der Waals surface area contributed by atoms with Gasteiger partial charge in [0.05, 0.1) is 6.61 Å². The van der Waals surface area contributed by atoms with E-state index < -0.39 is 0 Å². The minimum Gasteiger partial charge on any atom is -0.462 e. The molecule has 0 amide bonds. The van der Waals surface area contributed by atoms with Crippen molar-refractivity contribution in [2.45, 2.75) is 206 Å². The zero-order chi connectivity index (χ0) is 32.3. The summed E-state index contributed by atoms with van der Waals surface area (Å²) < 4.78 is 5.90. The van der Waals surface area contributed by atoms with Crippen LogP contribution < -0.4 is 0 Å². The molecule has 2 rings (SSSR count). The van der Waals surface area contributed by atoms with Crippen molar-refractivity contribution in [2.24, 2.45) is 5.92 Å². The largest absolute Gasteiger partial charge is 0.462 e. The van der Waals surface area contributed by atoms with E-state index in [0.29, 0.717) is 18.6 Å². The van der Waals surface area contributed by atoms with Crippen LogP contribution in [-0.2, 0) is 19.2 Å². The molecule has 2 aliphatic rings. The Hall–Kier alpha value is -0.980. The van der Waals surface area contributed by atoms with Crippen LogP contribution in [0.1, 0.15) is 178 Å². The molecule has 0 aromatic carbocycles. The van der Waals surface area contributed by atoms with E-state index >= 15 is 0 Å². The van der Waals surface area contributed by atoms with Gasteiger partial charge in [-0.2, -0.15) is 5.06 Å². The van der Waals surface area contributed by atoms with Crippen molar-refractivity contribution < 1.29 is 19.2 Å². The highest BCUT2D eigenvalue weighted by Gasteiger charge is 2.48. The third-order valence-electron chi connectivity index (χ3n) is 10.4. The van der Waals surface area contributed by atoms with E-state index in [1.807, 2.05) is 0 Å². The van der Waals surface area contributed by atoms with Gasteiger partial charge in [-0.05, 0) is 94.5 Å². The summed E-state index contributed by atoms with van der Waals surface area (Å²) in [4.78, 5) is 34.5. The Bertz CT molecular complexity index is 814. The van der Waals surface area contributed by atoms with Gasteiger partial charge in [-0.25, -0.2) is 0 Å². The molecule has 2 fully saturated rings. The number of hydrogen-bond acceptors (Lipinski definition) is 6. The number of carbonyl (C=O) groups is 2. The molecule has 2 saturated heterocycles. The van der Waals surface area contributed by atoms with Gasteiger partial charge >= 0.3 is 5.97 Å². The molecular formula is C37H70N2O4. The van der Waals surface area contributed by atoms with Crippen molar-refractivity contribution in [1.29, 1.82) is 0 Å². The molecule has 0 atom stereocenters. The lowest BCUT2D eigenvalue weighted by molar-refractivity contribution is -0.286. The predicted octanol–water partition coefficient (Wildman–Crippen LogP) is 9.43. The second-order valence-electron chi connectivity index (χ2n) is 16.4. The molecule has 0 aromatic rings. The Morgan fingerprint density at radius 3 is 1.63 bits per heavy atom. The van der Waals surface area contributed by atoms with Gasteiger partial charge in [-0.15, -0.1) is 0 Å². The zero-order valence-electron chi connectivity index (χ0n) is 30.1. The molecule has 43 heavy (non-hydrogen) atoms. The summed E-state index contributed by atoms with van der Waals surface area (Å²) in [5.74, 6) is 0.502. The van der Waals surface area contributed by atoms with Gasteiger partial charge < -0.3 is 4.74 Å². The van der Waals surface area contributed by atoms with Crippen LogP contribution in [0.4, 0.5) is 0 Å². The molecule has 6 nitrogen and oxygen atoms in total. The first-order chi connectivity index (χ1) is 20.0. The molecule has 0 unspecified atom stereocenters. The Balaban J connectivity index is 1.60. The lowest BCUT2D eigenvalue weighted by atomic mass is 9.73. The van der Waals surface area contributed by atoms with Gasteiger partial charge in [0.2, 0.25) is 0 Å². The summed E-state index contributed by atoms with van der Waals surface area (Å²) in [5, 5.41) is 2.21. The number of hydrogen-bond donors (Lipinski definition) is 0. The first-order valence-electron chi connectivity index (χ1n) is 17.9. The molecule has 252 valence electrons. The fourth-order valence-electron chi connectivity index (χ4n) is 7.97. The van der Waals surface area contributed by atoms with E-state index in [0.717, 1.165) is 77.2 Å². The number of likely N-dealkylation sites (tertiary alicyclic amines) is 1. The fourth-order valence-corrected chi connectivity index (χ4v) is 7.97. The molecule has 0 aromatic heterocycles. The highest BCUT2D eigenvalue weighted by atomic mass is 16.7. The third-order valence-corrected chi connectivity index (χ3v) is 10.4. The molecule has 0 saturated carbocycles. The quantitative estimate of drug-likeness (QED) is 0.108. The van der Waals surface area contributed by atoms with E-state index in [-0.39, 0.29) is 40.1 Å². The van der Waals surface area contributed by atoms with E-state index in [2.05, 4.69) is 79.3 Å². The van der Waals surface area contributed by atoms with Crippen LogP contribution in [0.3, 0.4) is 0 Å². The van der Waals surface area contributed by atoms with Gasteiger partial charge in [0.25, 0.3) is 0 Å². The van der Waals surface area contributed by atoms with Crippen LogP contribution in [0.2, 0.25) is 0 Å². The monoisotopic (exact) mass is 607 g/mol. The number of ether oxygens (including phenoxy) is 1. The number of ketones is 1. The van der Waals surface area contributed by atoms with Crippen molar-refractivity contribution in [1.82, 2.24) is 9.96 Å².